The second-order valence-corrected chi connectivity index (χ2v) is 16.6. The molecule has 0 saturated heterocycles. The van der Waals surface area contributed by atoms with E-state index in [1.54, 1.807) is 51.1 Å². The molecule has 1 aromatic rings. The van der Waals surface area contributed by atoms with Gasteiger partial charge >= 0.3 is 6.09 Å². The highest BCUT2D eigenvalue weighted by atomic mass is 32.2. The van der Waals surface area contributed by atoms with Crippen molar-refractivity contribution >= 4 is 31.9 Å². The van der Waals surface area contributed by atoms with E-state index in [2.05, 4.69) is 0 Å². The molecule has 13 heteroatoms. The molecule has 3 atom stereocenters. The maximum Gasteiger partial charge on any atom is 0.417 e. The number of hydrogen-bond acceptors (Lipinski definition) is 9. The van der Waals surface area contributed by atoms with Crippen molar-refractivity contribution in [2.24, 2.45) is 17.6 Å². The summed E-state index contributed by atoms with van der Waals surface area (Å²) in [6.45, 7) is 12.1. The lowest BCUT2D eigenvalue weighted by atomic mass is 9.97. The topological polar surface area (TPSA) is 164 Å². The van der Waals surface area contributed by atoms with E-state index in [9.17, 15) is 31.5 Å². The van der Waals surface area contributed by atoms with Gasteiger partial charge in [-0.1, -0.05) is 91.6 Å². The smallest absolute Gasteiger partial charge is 0.417 e. The van der Waals surface area contributed by atoms with Crippen molar-refractivity contribution in [1.82, 2.24) is 9.21 Å². The highest BCUT2D eigenvalue weighted by Gasteiger charge is 2.41. The molecule has 0 aliphatic rings. The lowest BCUT2D eigenvalue weighted by Crippen LogP contribution is -2.59. The zero-order chi connectivity index (χ0) is 33.7. The van der Waals surface area contributed by atoms with Crippen LogP contribution in [0.4, 0.5) is 4.79 Å². The Hall–Kier alpha value is -2.06. The van der Waals surface area contributed by atoms with E-state index in [0.717, 1.165) is 4.31 Å². The molecule has 11 nitrogen and oxygen atoms in total. The molecule has 0 aliphatic carbocycles. The number of ether oxygens (including phenoxy) is 1. The van der Waals surface area contributed by atoms with E-state index in [4.69, 9.17) is 10.5 Å². The fraction of sp³-hybridized carbons (Fsp3) is 0.742. The van der Waals surface area contributed by atoms with Crippen molar-refractivity contribution in [3.8, 4) is 0 Å². The molecule has 0 saturated carbocycles. The first-order chi connectivity index (χ1) is 20.5. The van der Waals surface area contributed by atoms with Crippen LogP contribution in [0.2, 0.25) is 0 Å². The standard InChI is InChI=1S/C31H55N3O8S2/c1-8-14-26(15-9-2)43(38,39)22-27(32)30(36)34(31(37)42-20-25-16-12-11-13-17-25)28(18-23(4)5)29(35)19-33(10-3)44(40,41)21-24(6)7/h11-13,16-17,23-24,26-29,35H,8-10,14-15,18-22,32H2,1-7H3/t27?,28-,29+/m0/s1. The minimum atomic E-state index is -3.80. The summed E-state index contributed by atoms with van der Waals surface area (Å²) < 4.78 is 59.3. The Kier molecular flexibility index (Phi) is 17.1. The van der Waals surface area contributed by atoms with E-state index >= 15 is 0 Å². The number of aliphatic hydroxyl groups excluding tert-OH is 1. The fourth-order valence-corrected chi connectivity index (χ4v) is 9.11. The SMILES string of the molecule is CCCC(CCC)S(=O)(=O)CC(N)C(=O)N(C(=O)OCc1ccccc1)[C@@H](CC(C)C)[C@H](O)CN(CC)S(=O)(=O)CC(C)C. The molecule has 254 valence electrons. The lowest BCUT2D eigenvalue weighted by Gasteiger charge is -2.36. The molecule has 0 aliphatic heterocycles. The first-order valence-electron chi connectivity index (χ1n) is 15.7. The van der Waals surface area contributed by atoms with Gasteiger partial charge in [0.2, 0.25) is 15.9 Å². The summed E-state index contributed by atoms with van der Waals surface area (Å²) in [6.07, 6.45) is -0.364. The molecule has 0 fully saturated rings. The molecule has 0 spiro atoms. The summed E-state index contributed by atoms with van der Waals surface area (Å²) in [7, 11) is -7.56. The van der Waals surface area contributed by atoms with Crippen LogP contribution >= 0.6 is 0 Å². The van der Waals surface area contributed by atoms with Gasteiger partial charge in [0, 0.05) is 13.1 Å². The Labute approximate surface area is 265 Å². The van der Waals surface area contributed by atoms with Gasteiger partial charge in [0.15, 0.2) is 9.84 Å². The molecule has 0 heterocycles. The van der Waals surface area contributed by atoms with Gasteiger partial charge in [0.05, 0.1) is 34.9 Å². The third-order valence-electron chi connectivity index (χ3n) is 7.27. The van der Waals surface area contributed by atoms with Gasteiger partial charge in [-0.15, -0.1) is 0 Å². The van der Waals surface area contributed by atoms with Crippen LogP contribution in [0.25, 0.3) is 0 Å². The summed E-state index contributed by atoms with van der Waals surface area (Å²) in [5.41, 5.74) is 6.89. The Morgan fingerprint density at radius 2 is 1.48 bits per heavy atom. The van der Waals surface area contributed by atoms with Crippen LogP contribution in [-0.4, -0.2) is 91.2 Å². The number of aliphatic hydroxyl groups is 1. The zero-order valence-electron chi connectivity index (χ0n) is 27.5. The van der Waals surface area contributed by atoms with Crippen LogP contribution in [-0.2, 0) is 36.0 Å². The number of sulfone groups is 1. The monoisotopic (exact) mass is 661 g/mol. The summed E-state index contributed by atoms with van der Waals surface area (Å²) in [6, 6.07) is 5.96. The highest BCUT2D eigenvalue weighted by Crippen LogP contribution is 2.22. The predicted molar refractivity (Wildman–Crippen MR) is 174 cm³/mol. The van der Waals surface area contributed by atoms with Crippen LogP contribution in [0.5, 0.6) is 0 Å². The average Bonchev–Trinajstić information content (AvgIpc) is 2.93. The summed E-state index contributed by atoms with van der Waals surface area (Å²) >= 11 is 0. The number of rotatable bonds is 20. The molecule has 1 unspecified atom stereocenters. The Morgan fingerprint density at radius 3 is 1.95 bits per heavy atom. The number of nitrogens with zero attached hydrogens (tertiary/aromatic N) is 2. The number of amides is 2. The first-order valence-corrected chi connectivity index (χ1v) is 19.0. The first kappa shape index (κ1) is 40.0. The largest absolute Gasteiger partial charge is 0.444 e. The number of carbonyl (C=O) groups excluding carboxylic acids is 2. The Balaban J connectivity index is 3.51. The van der Waals surface area contributed by atoms with E-state index in [1.807, 2.05) is 27.7 Å². The fourth-order valence-electron chi connectivity index (χ4n) is 5.18. The quantitative estimate of drug-likeness (QED) is 0.211. The molecule has 1 rings (SSSR count). The number of carbonyl (C=O) groups is 2. The van der Waals surface area contributed by atoms with Crippen LogP contribution < -0.4 is 5.73 Å². The van der Waals surface area contributed by atoms with Crippen molar-refractivity contribution in [1.29, 1.82) is 0 Å². The number of likely N-dealkylation sites (N-methyl/N-ethyl adjacent to an activating group) is 1. The molecule has 0 radical (unpaired) electrons. The van der Waals surface area contributed by atoms with Gasteiger partial charge in [-0.3, -0.25) is 4.79 Å². The molecular formula is C31H55N3O8S2. The molecule has 2 amide bonds. The number of nitrogens with two attached hydrogens (primary N) is 1. The van der Waals surface area contributed by atoms with Gasteiger partial charge in [0.25, 0.3) is 0 Å². The highest BCUT2D eigenvalue weighted by molar-refractivity contribution is 7.92. The number of sulfonamides is 1. The van der Waals surface area contributed by atoms with E-state index < -0.39 is 61.1 Å². The normalized spacial score (nSPS) is 14.7. The van der Waals surface area contributed by atoms with Gasteiger partial charge < -0.3 is 15.6 Å². The number of imide groups is 1. The van der Waals surface area contributed by atoms with Gasteiger partial charge in [-0.2, -0.15) is 4.31 Å². The Bertz CT molecular complexity index is 1220. The predicted octanol–water partition coefficient (Wildman–Crippen LogP) is 3.95. The van der Waals surface area contributed by atoms with Crippen molar-refractivity contribution in [3.63, 3.8) is 0 Å². The molecule has 44 heavy (non-hydrogen) atoms. The van der Waals surface area contributed by atoms with Gasteiger partial charge in [-0.05, 0) is 36.7 Å². The van der Waals surface area contributed by atoms with Crippen molar-refractivity contribution in [2.45, 2.75) is 111 Å². The van der Waals surface area contributed by atoms with Crippen molar-refractivity contribution in [3.05, 3.63) is 35.9 Å². The summed E-state index contributed by atoms with van der Waals surface area (Å²) in [4.78, 5) is 28.3. The second kappa shape index (κ2) is 18.8. The minimum Gasteiger partial charge on any atom is -0.444 e. The molecule has 3 N–H and O–H groups in total. The molecule has 0 aromatic heterocycles. The van der Waals surface area contributed by atoms with Crippen molar-refractivity contribution < 1.29 is 36.3 Å². The van der Waals surface area contributed by atoms with Gasteiger partial charge in [0.1, 0.15) is 6.61 Å². The maximum atomic E-state index is 13.9. The van der Waals surface area contributed by atoms with Crippen LogP contribution in [0.3, 0.4) is 0 Å². The second-order valence-electron chi connectivity index (χ2n) is 12.3. The molecule has 1 aromatic carbocycles. The van der Waals surface area contributed by atoms with Gasteiger partial charge in [-0.25, -0.2) is 26.5 Å². The number of hydrogen-bond donors (Lipinski definition) is 2. The Morgan fingerprint density at radius 1 is 0.909 bits per heavy atom. The van der Waals surface area contributed by atoms with Crippen LogP contribution in [0.1, 0.15) is 86.1 Å². The zero-order valence-corrected chi connectivity index (χ0v) is 29.1. The minimum absolute atomic E-state index is 0.0704. The lowest BCUT2D eigenvalue weighted by molar-refractivity contribution is -0.135. The summed E-state index contributed by atoms with van der Waals surface area (Å²) in [5, 5.41) is 10.8. The van der Waals surface area contributed by atoms with Crippen molar-refractivity contribution in [2.75, 3.05) is 24.6 Å². The molecule has 0 bridgehead atoms. The molecular weight excluding hydrogens is 606 g/mol. The average molecular weight is 662 g/mol. The maximum absolute atomic E-state index is 13.9. The van der Waals surface area contributed by atoms with Crippen LogP contribution in [0.15, 0.2) is 30.3 Å². The summed E-state index contributed by atoms with van der Waals surface area (Å²) in [5.74, 6) is -2.12. The van der Waals surface area contributed by atoms with E-state index in [-0.39, 0.29) is 43.7 Å². The van der Waals surface area contributed by atoms with E-state index in [0.29, 0.717) is 36.1 Å². The third-order valence-corrected chi connectivity index (χ3v) is 11.9. The van der Waals surface area contributed by atoms with Crippen LogP contribution in [0, 0.1) is 11.8 Å². The van der Waals surface area contributed by atoms with E-state index in [1.165, 1.54) is 0 Å². The third kappa shape index (κ3) is 12.7. The number of benzene rings is 1.